The van der Waals surface area contributed by atoms with Crippen LogP contribution in [0.1, 0.15) is 21.7 Å². The van der Waals surface area contributed by atoms with Crippen molar-refractivity contribution in [2.45, 2.75) is 13.0 Å². The molecule has 2 N–H and O–H groups in total. The fourth-order valence-corrected chi connectivity index (χ4v) is 2.49. The molecule has 1 aromatic carbocycles. The Labute approximate surface area is 120 Å². The van der Waals surface area contributed by atoms with Crippen molar-refractivity contribution in [2.24, 2.45) is 5.73 Å². The second kappa shape index (κ2) is 4.69. The third-order valence-electron chi connectivity index (χ3n) is 3.48. The number of fused-ring (bicyclic) bond motifs is 3. The van der Waals surface area contributed by atoms with Gasteiger partial charge in [-0.15, -0.1) is 0 Å². The summed E-state index contributed by atoms with van der Waals surface area (Å²) in [5, 5.41) is 0. The third-order valence-corrected chi connectivity index (χ3v) is 3.48. The molecule has 2 aromatic rings. The molecule has 1 aliphatic rings. The van der Waals surface area contributed by atoms with Gasteiger partial charge in [0.1, 0.15) is 5.82 Å². The molecule has 0 fully saturated rings. The number of halogens is 1. The molecule has 1 aliphatic heterocycles. The van der Waals surface area contributed by atoms with Gasteiger partial charge in [-0.2, -0.15) is 0 Å². The van der Waals surface area contributed by atoms with E-state index in [1.807, 2.05) is 0 Å². The van der Waals surface area contributed by atoms with E-state index in [-0.39, 0.29) is 24.4 Å². The molecule has 0 atom stereocenters. The lowest BCUT2D eigenvalue weighted by molar-refractivity contribution is -0.117. The van der Waals surface area contributed by atoms with Crippen LogP contribution in [0.4, 0.5) is 4.39 Å². The van der Waals surface area contributed by atoms with Gasteiger partial charge in [-0.25, -0.2) is 9.37 Å². The molecule has 0 unspecified atom stereocenters. The molecule has 2 heterocycles. The number of nitrogens with two attached hydrogens (primary N) is 1. The van der Waals surface area contributed by atoms with Crippen LogP contribution in [0, 0.1) is 5.82 Å². The van der Waals surface area contributed by atoms with E-state index >= 15 is 0 Å². The molecule has 7 heteroatoms. The second-order valence-electron chi connectivity index (χ2n) is 4.97. The Morgan fingerprint density at radius 1 is 1.48 bits per heavy atom. The molecule has 0 radical (unpaired) electrons. The highest BCUT2D eigenvalue weighted by Crippen LogP contribution is 2.26. The van der Waals surface area contributed by atoms with E-state index in [0.717, 1.165) is 0 Å². The number of hydrogen-bond acceptors (Lipinski definition) is 3. The maximum atomic E-state index is 13.4. The Hall–Kier alpha value is -2.70. The molecule has 0 aliphatic carbocycles. The van der Waals surface area contributed by atoms with Crippen molar-refractivity contribution in [3.63, 3.8) is 0 Å². The molecule has 0 saturated carbocycles. The number of primary amides is 1. The summed E-state index contributed by atoms with van der Waals surface area (Å²) in [6.07, 6.45) is 1.53. The number of carbonyl (C=O) groups is 2. The van der Waals surface area contributed by atoms with Crippen molar-refractivity contribution in [3.8, 4) is 5.69 Å². The average Bonchev–Trinajstić information content (AvgIpc) is 2.75. The third kappa shape index (κ3) is 2.16. The van der Waals surface area contributed by atoms with Gasteiger partial charge in [-0.1, -0.05) is 0 Å². The zero-order valence-corrected chi connectivity index (χ0v) is 11.3. The summed E-state index contributed by atoms with van der Waals surface area (Å²) in [5.41, 5.74) is 7.25. The van der Waals surface area contributed by atoms with Gasteiger partial charge in [0.2, 0.25) is 5.91 Å². The number of hydrogen-bond donors (Lipinski definition) is 1. The van der Waals surface area contributed by atoms with Gasteiger partial charge in [0.05, 0.1) is 41.9 Å². The molecule has 2 amide bonds. The van der Waals surface area contributed by atoms with Gasteiger partial charge in [-0.3, -0.25) is 9.59 Å². The maximum absolute atomic E-state index is 13.4. The van der Waals surface area contributed by atoms with Crippen LogP contribution in [-0.2, 0) is 17.8 Å². The predicted octanol–water partition coefficient (Wildman–Crippen LogP) is 0.625. The molecule has 0 bridgehead atoms. The molecule has 108 valence electrons. The van der Waals surface area contributed by atoms with E-state index in [1.165, 1.54) is 29.4 Å². The van der Waals surface area contributed by atoms with E-state index in [1.54, 1.807) is 11.6 Å². The second-order valence-corrected chi connectivity index (χ2v) is 4.97. The van der Waals surface area contributed by atoms with Gasteiger partial charge in [-0.05, 0) is 18.2 Å². The summed E-state index contributed by atoms with van der Waals surface area (Å²) >= 11 is 0. The summed E-state index contributed by atoms with van der Waals surface area (Å²) in [7, 11) is 1.62. The standard InChI is InChI=1S/C14H13FN4O2/c1-18-6-12-10(5-13(16)20)17-7-19(12)11-3-2-8(15)4-9(11)14(18)21/h2-4,7H,5-6H2,1H3,(H2,16,20). The minimum atomic E-state index is -0.492. The number of amides is 2. The van der Waals surface area contributed by atoms with E-state index in [0.29, 0.717) is 17.1 Å². The Bertz CT molecular complexity index is 753. The topological polar surface area (TPSA) is 81.2 Å². The fourth-order valence-electron chi connectivity index (χ4n) is 2.49. The monoisotopic (exact) mass is 288 g/mol. The minimum Gasteiger partial charge on any atom is -0.369 e. The number of aromatic nitrogens is 2. The van der Waals surface area contributed by atoms with Gasteiger partial charge >= 0.3 is 0 Å². The predicted molar refractivity (Wildman–Crippen MR) is 72.2 cm³/mol. The zero-order valence-electron chi connectivity index (χ0n) is 11.3. The smallest absolute Gasteiger partial charge is 0.256 e. The van der Waals surface area contributed by atoms with Crippen LogP contribution in [0.15, 0.2) is 24.5 Å². The van der Waals surface area contributed by atoms with Gasteiger partial charge in [0.25, 0.3) is 5.91 Å². The number of carbonyl (C=O) groups excluding carboxylic acids is 2. The lowest BCUT2D eigenvalue weighted by atomic mass is 10.1. The van der Waals surface area contributed by atoms with Crippen LogP contribution in [0.25, 0.3) is 5.69 Å². The van der Waals surface area contributed by atoms with Crippen LogP contribution >= 0.6 is 0 Å². The largest absolute Gasteiger partial charge is 0.369 e. The van der Waals surface area contributed by atoms with Crippen molar-refractivity contribution in [3.05, 3.63) is 47.3 Å². The summed E-state index contributed by atoms with van der Waals surface area (Å²) in [4.78, 5) is 29.1. The highest BCUT2D eigenvalue weighted by molar-refractivity contribution is 5.98. The van der Waals surface area contributed by atoms with Crippen LogP contribution in [-0.4, -0.2) is 33.3 Å². The van der Waals surface area contributed by atoms with E-state index in [9.17, 15) is 14.0 Å². The van der Waals surface area contributed by atoms with Gasteiger partial charge in [0.15, 0.2) is 0 Å². The quantitative estimate of drug-likeness (QED) is 0.879. The highest BCUT2D eigenvalue weighted by atomic mass is 19.1. The van der Waals surface area contributed by atoms with E-state index in [4.69, 9.17) is 5.73 Å². The number of nitrogens with zero attached hydrogens (tertiary/aromatic N) is 3. The first kappa shape index (κ1) is 13.3. The first-order chi connectivity index (χ1) is 9.97. The molecule has 6 nitrogen and oxygen atoms in total. The van der Waals surface area contributed by atoms with Crippen LogP contribution in [0.3, 0.4) is 0 Å². The first-order valence-electron chi connectivity index (χ1n) is 6.36. The van der Waals surface area contributed by atoms with Gasteiger partial charge < -0.3 is 15.2 Å². The molecule has 0 saturated heterocycles. The van der Waals surface area contributed by atoms with Crippen molar-refractivity contribution in [2.75, 3.05) is 7.05 Å². The summed E-state index contributed by atoms with van der Waals surface area (Å²) in [6.45, 7) is 0.276. The molecule has 0 spiro atoms. The van der Waals surface area contributed by atoms with Crippen molar-refractivity contribution in [1.29, 1.82) is 0 Å². The molecular weight excluding hydrogens is 275 g/mol. The molecular formula is C14H13FN4O2. The van der Waals surface area contributed by atoms with Crippen LogP contribution < -0.4 is 5.73 Å². The van der Waals surface area contributed by atoms with E-state index < -0.39 is 11.7 Å². The van der Waals surface area contributed by atoms with Crippen molar-refractivity contribution in [1.82, 2.24) is 14.5 Å². The van der Waals surface area contributed by atoms with E-state index in [2.05, 4.69) is 4.98 Å². The minimum absolute atomic E-state index is 0.000885. The molecule has 3 rings (SSSR count). The average molecular weight is 288 g/mol. The molecule has 21 heavy (non-hydrogen) atoms. The Morgan fingerprint density at radius 2 is 2.24 bits per heavy atom. The van der Waals surface area contributed by atoms with Gasteiger partial charge in [0, 0.05) is 7.05 Å². The van der Waals surface area contributed by atoms with Crippen LogP contribution in [0.2, 0.25) is 0 Å². The summed E-state index contributed by atoms with van der Waals surface area (Å²) in [5.74, 6) is -1.25. The Balaban J connectivity index is 2.21. The lowest BCUT2D eigenvalue weighted by Gasteiger charge is -2.14. The number of benzene rings is 1. The number of rotatable bonds is 2. The Kier molecular flexibility index (Phi) is 2.97. The van der Waals surface area contributed by atoms with Crippen LogP contribution in [0.5, 0.6) is 0 Å². The SMILES string of the molecule is CN1Cc2c(CC(N)=O)ncn2-c2ccc(F)cc2C1=O. The van der Waals surface area contributed by atoms with Crippen molar-refractivity contribution < 1.29 is 14.0 Å². The Morgan fingerprint density at radius 3 is 2.95 bits per heavy atom. The zero-order chi connectivity index (χ0) is 15.1. The molecule has 1 aromatic heterocycles. The fraction of sp³-hybridized carbons (Fsp3) is 0.214. The normalized spacial score (nSPS) is 13.6. The first-order valence-corrected chi connectivity index (χ1v) is 6.36. The number of imidazole rings is 1. The summed E-state index contributed by atoms with van der Waals surface area (Å²) < 4.78 is 15.1. The lowest BCUT2D eigenvalue weighted by Crippen LogP contribution is -2.26. The highest BCUT2D eigenvalue weighted by Gasteiger charge is 2.26. The summed E-state index contributed by atoms with van der Waals surface area (Å²) in [6, 6.07) is 4.02. The van der Waals surface area contributed by atoms with Crippen molar-refractivity contribution >= 4 is 11.8 Å². The maximum Gasteiger partial charge on any atom is 0.256 e.